The molecule has 0 heterocycles. The van der Waals surface area contributed by atoms with Crippen LogP contribution in [-0.4, -0.2) is 11.6 Å². The summed E-state index contributed by atoms with van der Waals surface area (Å²) in [6.07, 6.45) is 0.307. The fraction of sp³-hybridized carbons (Fsp3) is 0.429. The third kappa shape index (κ3) is 3.30. The van der Waals surface area contributed by atoms with Crippen LogP contribution in [0.15, 0.2) is 30.3 Å². The van der Waals surface area contributed by atoms with E-state index in [1.165, 1.54) is 0 Å². The Morgan fingerprint density at radius 2 is 1.62 bits per heavy atom. The second-order valence-electron chi connectivity index (χ2n) is 4.46. The van der Waals surface area contributed by atoms with Crippen molar-refractivity contribution in [2.24, 2.45) is 5.92 Å². The van der Waals surface area contributed by atoms with Crippen molar-refractivity contribution in [3.63, 3.8) is 0 Å². The van der Waals surface area contributed by atoms with E-state index in [2.05, 4.69) is 0 Å². The number of Topliss-reactive ketones (excluding diaryl/α,β-unsaturated/α-hetero) is 2. The van der Waals surface area contributed by atoms with Crippen molar-refractivity contribution in [1.82, 2.24) is 0 Å². The monoisotopic (exact) mass is 218 g/mol. The number of ketones is 2. The highest BCUT2D eigenvalue weighted by Crippen LogP contribution is 2.19. The largest absolute Gasteiger partial charge is 0.291 e. The zero-order valence-corrected chi connectivity index (χ0v) is 10.1. The van der Waals surface area contributed by atoms with Gasteiger partial charge in [0.2, 0.25) is 5.78 Å². The van der Waals surface area contributed by atoms with Gasteiger partial charge in [0, 0.05) is 12.3 Å². The van der Waals surface area contributed by atoms with Crippen molar-refractivity contribution in [1.29, 1.82) is 0 Å². The molecule has 0 aliphatic heterocycles. The van der Waals surface area contributed by atoms with Gasteiger partial charge in [-0.05, 0) is 11.5 Å². The SMILES string of the molecule is CC(C)C(=O)C(=O)C[C@H](C)c1ccccc1. The minimum atomic E-state index is -0.261. The molecule has 0 fully saturated rings. The van der Waals surface area contributed by atoms with Crippen LogP contribution in [0.25, 0.3) is 0 Å². The summed E-state index contributed by atoms with van der Waals surface area (Å²) in [5.74, 6) is -0.610. The van der Waals surface area contributed by atoms with Gasteiger partial charge < -0.3 is 0 Å². The summed E-state index contributed by atoms with van der Waals surface area (Å²) in [7, 11) is 0. The van der Waals surface area contributed by atoms with Gasteiger partial charge in [-0.2, -0.15) is 0 Å². The zero-order valence-electron chi connectivity index (χ0n) is 10.1. The molecule has 2 nitrogen and oxygen atoms in total. The standard InChI is InChI=1S/C14H18O2/c1-10(2)14(16)13(15)9-11(3)12-7-5-4-6-8-12/h4-8,10-11H,9H2,1-3H3/t11-/m0/s1. The van der Waals surface area contributed by atoms with Crippen molar-refractivity contribution in [3.8, 4) is 0 Å². The van der Waals surface area contributed by atoms with E-state index >= 15 is 0 Å². The van der Waals surface area contributed by atoms with Gasteiger partial charge in [0.1, 0.15) is 0 Å². The second kappa shape index (κ2) is 5.59. The molecule has 0 aliphatic carbocycles. The normalized spacial score (nSPS) is 12.5. The van der Waals surface area contributed by atoms with Crippen LogP contribution in [0, 0.1) is 5.92 Å². The van der Waals surface area contributed by atoms with Crippen LogP contribution in [0.5, 0.6) is 0 Å². The highest BCUT2D eigenvalue weighted by Gasteiger charge is 2.20. The molecule has 1 rings (SSSR count). The minimum absolute atomic E-state index is 0.108. The summed E-state index contributed by atoms with van der Waals surface area (Å²) in [4.78, 5) is 23.1. The van der Waals surface area contributed by atoms with Crippen LogP contribution in [0.3, 0.4) is 0 Å². The van der Waals surface area contributed by atoms with Gasteiger partial charge in [0.25, 0.3) is 0 Å². The van der Waals surface area contributed by atoms with Crippen LogP contribution < -0.4 is 0 Å². The molecule has 1 aromatic rings. The molecule has 0 radical (unpaired) electrons. The van der Waals surface area contributed by atoms with E-state index in [9.17, 15) is 9.59 Å². The van der Waals surface area contributed by atoms with E-state index in [0.717, 1.165) is 5.56 Å². The van der Waals surface area contributed by atoms with E-state index in [1.54, 1.807) is 13.8 Å². The van der Waals surface area contributed by atoms with Crippen molar-refractivity contribution < 1.29 is 9.59 Å². The predicted molar refractivity (Wildman–Crippen MR) is 64.3 cm³/mol. The van der Waals surface area contributed by atoms with Gasteiger partial charge in [-0.1, -0.05) is 51.1 Å². The Kier molecular flexibility index (Phi) is 4.41. The van der Waals surface area contributed by atoms with E-state index in [-0.39, 0.29) is 23.4 Å². The molecule has 0 amide bonds. The maximum Gasteiger partial charge on any atom is 0.200 e. The lowest BCUT2D eigenvalue weighted by Gasteiger charge is -2.11. The lowest BCUT2D eigenvalue weighted by molar-refractivity contribution is -0.138. The molecule has 0 saturated heterocycles. The first kappa shape index (κ1) is 12.6. The van der Waals surface area contributed by atoms with Crippen molar-refractivity contribution >= 4 is 11.6 Å². The van der Waals surface area contributed by atoms with Gasteiger partial charge >= 0.3 is 0 Å². The molecule has 1 atom stereocenters. The number of benzene rings is 1. The molecule has 0 aromatic heterocycles. The van der Waals surface area contributed by atoms with Crippen LogP contribution in [0.1, 0.15) is 38.7 Å². The molecule has 16 heavy (non-hydrogen) atoms. The first-order chi connectivity index (χ1) is 7.52. The molecule has 0 saturated carbocycles. The molecule has 0 spiro atoms. The third-order valence-electron chi connectivity index (χ3n) is 2.66. The van der Waals surface area contributed by atoms with Crippen molar-refractivity contribution in [2.75, 3.05) is 0 Å². The maximum absolute atomic E-state index is 11.6. The Balaban J connectivity index is 2.62. The molecule has 0 aliphatic rings. The lowest BCUT2D eigenvalue weighted by atomic mass is 9.92. The predicted octanol–water partition coefficient (Wildman–Crippen LogP) is 2.97. The lowest BCUT2D eigenvalue weighted by Crippen LogP contribution is -2.21. The Hall–Kier alpha value is -1.44. The van der Waals surface area contributed by atoms with E-state index < -0.39 is 0 Å². The molecule has 0 bridgehead atoms. The minimum Gasteiger partial charge on any atom is -0.291 e. The quantitative estimate of drug-likeness (QED) is 0.712. The molecule has 1 aromatic carbocycles. The fourth-order valence-corrected chi connectivity index (χ4v) is 1.60. The first-order valence-corrected chi connectivity index (χ1v) is 5.64. The Labute approximate surface area is 96.7 Å². The summed E-state index contributed by atoms with van der Waals surface area (Å²) in [6, 6.07) is 9.80. The Morgan fingerprint density at radius 1 is 1.06 bits per heavy atom. The summed E-state index contributed by atoms with van der Waals surface area (Å²) >= 11 is 0. The van der Waals surface area contributed by atoms with Crippen molar-refractivity contribution in [3.05, 3.63) is 35.9 Å². The van der Waals surface area contributed by atoms with Gasteiger partial charge in [-0.15, -0.1) is 0 Å². The van der Waals surface area contributed by atoms with Crippen LogP contribution in [0.2, 0.25) is 0 Å². The number of hydrogen-bond acceptors (Lipinski definition) is 2. The molecule has 86 valence electrons. The molecular weight excluding hydrogens is 200 g/mol. The smallest absolute Gasteiger partial charge is 0.200 e. The Morgan fingerprint density at radius 3 is 2.12 bits per heavy atom. The molecule has 0 unspecified atom stereocenters. The van der Waals surface area contributed by atoms with E-state index in [0.29, 0.717) is 6.42 Å². The maximum atomic E-state index is 11.6. The fourth-order valence-electron chi connectivity index (χ4n) is 1.60. The van der Waals surface area contributed by atoms with E-state index in [1.807, 2.05) is 37.3 Å². The van der Waals surface area contributed by atoms with Crippen LogP contribution in [-0.2, 0) is 9.59 Å². The van der Waals surface area contributed by atoms with Crippen LogP contribution >= 0.6 is 0 Å². The number of rotatable bonds is 5. The molecule has 2 heteroatoms. The van der Waals surface area contributed by atoms with Gasteiger partial charge in [-0.25, -0.2) is 0 Å². The highest BCUT2D eigenvalue weighted by atomic mass is 16.2. The summed E-state index contributed by atoms with van der Waals surface area (Å²) < 4.78 is 0. The van der Waals surface area contributed by atoms with Gasteiger partial charge in [0.05, 0.1) is 0 Å². The van der Waals surface area contributed by atoms with Crippen LogP contribution in [0.4, 0.5) is 0 Å². The summed E-state index contributed by atoms with van der Waals surface area (Å²) in [6.45, 7) is 5.49. The molecular formula is C14H18O2. The zero-order chi connectivity index (χ0) is 12.1. The van der Waals surface area contributed by atoms with Gasteiger partial charge in [0.15, 0.2) is 5.78 Å². The number of carbonyl (C=O) groups is 2. The summed E-state index contributed by atoms with van der Waals surface area (Å²) in [5.41, 5.74) is 1.10. The van der Waals surface area contributed by atoms with Gasteiger partial charge in [-0.3, -0.25) is 9.59 Å². The highest BCUT2D eigenvalue weighted by molar-refractivity contribution is 6.37. The Bertz CT molecular complexity index is 366. The van der Waals surface area contributed by atoms with E-state index in [4.69, 9.17) is 0 Å². The molecule has 0 N–H and O–H groups in total. The number of hydrogen-bond donors (Lipinski definition) is 0. The summed E-state index contributed by atoms with van der Waals surface area (Å²) in [5, 5.41) is 0. The topological polar surface area (TPSA) is 34.1 Å². The van der Waals surface area contributed by atoms with Crippen molar-refractivity contribution in [2.45, 2.75) is 33.1 Å². The first-order valence-electron chi connectivity index (χ1n) is 5.64. The third-order valence-corrected chi connectivity index (χ3v) is 2.66. The average molecular weight is 218 g/mol. The average Bonchev–Trinajstić information content (AvgIpc) is 2.28. The second-order valence-corrected chi connectivity index (χ2v) is 4.46. The number of carbonyl (C=O) groups excluding carboxylic acids is 2.